The fourth-order valence-electron chi connectivity index (χ4n) is 2.73. The number of carbonyl (C=O) groups is 1. The summed E-state index contributed by atoms with van der Waals surface area (Å²) in [6, 6.07) is -0.475. The minimum Gasteiger partial charge on any atom is -0.465 e. The van der Waals surface area contributed by atoms with Gasteiger partial charge in [0.25, 0.3) is 5.79 Å². The van der Waals surface area contributed by atoms with Crippen LogP contribution >= 0.6 is 0 Å². The molecular weight excluding hydrogens is 282 g/mol. The quantitative estimate of drug-likeness (QED) is 0.495. The fraction of sp³-hybridized carbons (Fsp3) is 0.923. The van der Waals surface area contributed by atoms with Gasteiger partial charge in [0.15, 0.2) is 0 Å². The Hall–Kier alpha value is -0.770. The van der Waals surface area contributed by atoms with Crippen LogP contribution in [0.3, 0.4) is 0 Å². The van der Waals surface area contributed by atoms with Gasteiger partial charge in [0.1, 0.15) is 18.3 Å². The van der Waals surface area contributed by atoms with E-state index in [1.165, 1.54) is 21.3 Å². The Bertz CT molecular complexity index is 376. The molecule has 0 bridgehead atoms. The number of esters is 1. The standard InChI is InChI=1S/C13H23NO7/c1-16-7-5-13(19-4,12(15)18-3)21-11(9(7)14)10(17-2)8-6-20-8/h7-11H,5-6,14H2,1-4H3. The molecule has 0 amide bonds. The summed E-state index contributed by atoms with van der Waals surface area (Å²) in [6.45, 7) is 0.570. The van der Waals surface area contributed by atoms with Crippen molar-refractivity contribution in [3.63, 3.8) is 0 Å². The first-order valence-electron chi connectivity index (χ1n) is 6.77. The summed E-state index contributed by atoms with van der Waals surface area (Å²) in [6.07, 6.45) is -1.41. The normalized spacial score (nSPS) is 40.6. The molecule has 2 rings (SSSR count). The van der Waals surface area contributed by atoms with E-state index in [-0.39, 0.29) is 12.5 Å². The third kappa shape index (κ3) is 3.05. The molecule has 8 heteroatoms. The molecule has 2 N–H and O–H groups in total. The predicted octanol–water partition coefficient (Wildman–Crippen LogP) is -0.953. The topological polar surface area (TPSA) is 102 Å². The summed E-state index contributed by atoms with van der Waals surface area (Å²) in [5, 5.41) is 0. The molecule has 2 heterocycles. The van der Waals surface area contributed by atoms with Crippen LogP contribution < -0.4 is 5.73 Å². The molecule has 6 atom stereocenters. The Balaban J connectivity index is 2.27. The van der Waals surface area contributed by atoms with Crippen molar-refractivity contribution in [2.75, 3.05) is 35.0 Å². The third-order valence-electron chi connectivity index (χ3n) is 4.06. The molecule has 2 fully saturated rings. The molecular formula is C13H23NO7. The van der Waals surface area contributed by atoms with Gasteiger partial charge in [0, 0.05) is 27.8 Å². The zero-order valence-electron chi connectivity index (χ0n) is 12.7. The molecule has 0 radical (unpaired) electrons. The van der Waals surface area contributed by atoms with Crippen molar-refractivity contribution in [2.45, 2.75) is 42.7 Å². The summed E-state index contributed by atoms with van der Waals surface area (Å²) < 4.78 is 32.1. The molecule has 0 aromatic carbocycles. The van der Waals surface area contributed by atoms with Gasteiger partial charge in [-0.15, -0.1) is 0 Å². The van der Waals surface area contributed by atoms with Gasteiger partial charge in [-0.05, 0) is 0 Å². The first-order chi connectivity index (χ1) is 10.0. The van der Waals surface area contributed by atoms with Crippen LogP contribution in [0.5, 0.6) is 0 Å². The molecule has 6 unspecified atom stereocenters. The second kappa shape index (κ2) is 6.55. The summed E-state index contributed by atoms with van der Waals surface area (Å²) in [5.74, 6) is -2.18. The molecule has 2 saturated heterocycles. The highest BCUT2D eigenvalue weighted by Crippen LogP contribution is 2.36. The van der Waals surface area contributed by atoms with Crippen LogP contribution in [-0.4, -0.2) is 77.3 Å². The highest BCUT2D eigenvalue weighted by Gasteiger charge is 2.56. The van der Waals surface area contributed by atoms with E-state index in [9.17, 15) is 4.79 Å². The summed E-state index contributed by atoms with van der Waals surface area (Å²) in [4.78, 5) is 12.1. The highest BCUT2D eigenvalue weighted by molar-refractivity contribution is 5.78. The van der Waals surface area contributed by atoms with Crippen molar-refractivity contribution in [1.82, 2.24) is 0 Å². The minimum absolute atomic E-state index is 0.103. The van der Waals surface area contributed by atoms with E-state index in [2.05, 4.69) is 0 Å². The van der Waals surface area contributed by atoms with Gasteiger partial charge in [-0.2, -0.15) is 0 Å². The van der Waals surface area contributed by atoms with Gasteiger partial charge in [-0.25, -0.2) is 4.79 Å². The van der Waals surface area contributed by atoms with Gasteiger partial charge >= 0.3 is 5.97 Å². The zero-order chi connectivity index (χ0) is 15.6. The van der Waals surface area contributed by atoms with Gasteiger partial charge in [-0.1, -0.05) is 0 Å². The lowest BCUT2D eigenvalue weighted by Gasteiger charge is -2.46. The van der Waals surface area contributed by atoms with Crippen LogP contribution in [-0.2, 0) is 33.2 Å². The van der Waals surface area contributed by atoms with Crippen LogP contribution in [0.1, 0.15) is 6.42 Å². The number of nitrogens with two attached hydrogens (primary N) is 1. The average molecular weight is 305 g/mol. The fourth-order valence-corrected chi connectivity index (χ4v) is 2.73. The number of hydrogen-bond donors (Lipinski definition) is 1. The predicted molar refractivity (Wildman–Crippen MR) is 70.6 cm³/mol. The summed E-state index contributed by atoms with van der Waals surface area (Å²) in [7, 11) is 5.73. The van der Waals surface area contributed by atoms with Gasteiger partial charge in [0.05, 0.1) is 25.9 Å². The van der Waals surface area contributed by atoms with Crippen molar-refractivity contribution in [2.24, 2.45) is 5.73 Å². The number of rotatable bonds is 6. The Kier molecular flexibility index (Phi) is 5.18. The van der Waals surface area contributed by atoms with Gasteiger partial charge in [0.2, 0.25) is 0 Å². The van der Waals surface area contributed by atoms with Crippen molar-refractivity contribution >= 4 is 5.97 Å². The van der Waals surface area contributed by atoms with Gasteiger partial charge < -0.3 is 34.2 Å². The third-order valence-corrected chi connectivity index (χ3v) is 4.06. The maximum atomic E-state index is 12.1. The van der Waals surface area contributed by atoms with Crippen molar-refractivity contribution < 1.29 is 33.2 Å². The second-order valence-corrected chi connectivity index (χ2v) is 5.16. The average Bonchev–Trinajstić information content (AvgIpc) is 3.33. The van der Waals surface area contributed by atoms with E-state index in [0.29, 0.717) is 6.61 Å². The molecule has 21 heavy (non-hydrogen) atoms. The molecule has 0 saturated carbocycles. The molecule has 0 aliphatic carbocycles. The Morgan fingerprint density at radius 3 is 2.43 bits per heavy atom. The molecule has 0 aromatic heterocycles. The maximum Gasteiger partial charge on any atom is 0.366 e. The lowest BCUT2D eigenvalue weighted by atomic mass is 9.89. The van der Waals surface area contributed by atoms with Crippen LogP contribution in [0, 0.1) is 0 Å². The number of epoxide rings is 1. The minimum atomic E-state index is -1.55. The Labute approximate surface area is 123 Å². The molecule has 0 aromatic rings. The number of ether oxygens (including phenoxy) is 6. The maximum absolute atomic E-state index is 12.1. The van der Waals surface area contributed by atoms with Crippen LogP contribution in [0.4, 0.5) is 0 Å². The molecule has 2 aliphatic heterocycles. The van der Waals surface area contributed by atoms with Crippen molar-refractivity contribution in [1.29, 1.82) is 0 Å². The first kappa shape index (κ1) is 16.6. The molecule has 2 aliphatic rings. The second-order valence-electron chi connectivity index (χ2n) is 5.16. The van der Waals surface area contributed by atoms with E-state index in [1.54, 1.807) is 7.11 Å². The number of hydrogen-bond acceptors (Lipinski definition) is 8. The lowest BCUT2D eigenvalue weighted by molar-refractivity contribution is -0.301. The SMILES string of the molecule is COC(=O)C1(OC)CC(OC)C(N)C(C(OC)C2CO2)O1. The summed E-state index contributed by atoms with van der Waals surface area (Å²) in [5.41, 5.74) is 6.20. The van der Waals surface area contributed by atoms with Crippen molar-refractivity contribution in [3.8, 4) is 0 Å². The van der Waals surface area contributed by atoms with Crippen molar-refractivity contribution in [3.05, 3.63) is 0 Å². The Morgan fingerprint density at radius 2 is 2.00 bits per heavy atom. The van der Waals surface area contributed by atoms with Crippen LogP contribution in [0.15, 0.2) is 0 Å². The first-order valence-corrected chi connectivity index (χ1v) is 6.77. The van der Waals surface area contributed by atoms with Crippen LogP contribution in [0.25, 0.3) is 0 Å². The molecule has 0 spiro atoms. The smallest absolute Gasteiger partial charge is 0.366 e. The highest BCUT2D eigenvalue weighted by atomic mass is 16.7. The Morgan fingerprint density at radius 1 is 1.33 bits per heavy atom. The number of carbonyl (C=O) groups excluding carboxylic acids is 1. The molecule has 8 nitrogen and oxygen atoms in total. The number of methoxy groups -OCH3 is 4. The van der Waals surface area contributed by atoms with Gasteiger partial charge in [-0.3, -0.25) is 0 Å². The molecule has 122 valence electrons. The summed E-state index contributed by atoms with van der Waals surface area (Å²) >= 11 is 0. The van der Waals surface area contributed by atoms with E-state index in [0.717, 1.165) is 0 Å². The van der Waals surface area contributed by atoms with E-state index < -0.39 is 36.1 Å². The lowest BCUT2D eigenvalue weighted by Crippen LogP contribution is -2.66. The van der Waals surface area contributed by atoms with E-state index >= 15 is 0 Å². The largest absolute Gasteiger partial charge is 0.465 e. The monoisotopic (exact) mass is 305 g/mol. The van der Waals surface area contributed by atoms with Crippen LogP contribution in [0.2, 0.25) is 0 Å². The van der Waals surface area contributed by atoms with E-state index in [1.807, 2.05) is 0 Å². The zero-order valence-corrected chi connectivity index (χ0v) is 12.7. The van der Waals surface area contributed by atoms with E-state index in [4.69, 9.17) is 34.2 Å².